The van der Waals surface area contributed by atoms with Crippen molar-refractivity contribution in [2.24, 2.45) is 0 Å². The van der Waals surface area contributed by atoms with E-state index in [1.165, 1.54) is 4.88 Å². The SMILES string of the molecule is CCNc1nccn1CC(C)(C)c1cccs1. The molecule has 4 heteroatoms. The van der Waals surface area contributed by atoms with Gasteiger partial charge in [0.05, 0.1) is 0 Å². The summed E-state index contributed by atoms with van der Waals surface area (Å²) in [4.78, 5) is 5.74. The third kappa shape index (κ3) is 2.69. The highest BCUT2D eigenvalue weighted by molar-refractivity contribution is 7.10. The van der Waals surface area contributed by atoms with E-state index in [1.54, 1.807) is 0 Å². The number of aromatic nitrogens is 2. The molecule has 92 valence electrons. The second-order valence-corrected chi connectivity index (χ2v) is 5.72. The van der Waals surface area contributed by atoms with Crippen molar-refractivity contribution in [2.75, 3.05) is 11.9 Å². The van der Waals surface area contributed by atoms with Gasteiger partial charge in [0.2, 0.25) is 5.95 Å². The predicted octanol–water partition coefficient (Wildman–Crippen LogP) is 3.35. The molecule has 0 amide bonds. The lowest BCUT2D eigenvalue weighted by Crippen LogP contribution is -2.24. The number of anilines is 1. The second kappa shape index (κ2) is 4.92. The smallest absolute Gasteiger partial charge is 0.202 e. The van der Waals surface area contributed by atoms with Gasteiger partial charge in [-0.1, -0.05) is 19.9 Å². The summed E-state index contributed by atoms with van der Waals surface area (Å²) in [6.45, 7) is 8.47. The van der Waals surface area contributed by atoms with Crippen molar-refractivity contribution in [3.05, 3.63) is 34.8 Å². The van der Waals surface area contributed by atoms with Crippen LogP contribution in [0.2, 0.25) is 0 Å². The van der Waals surface area contributed by atoms with Crippen molar-refractivity contribution >= 4 is 17.3 Å². The average molecular weight is 249 g/mol. The zero-order valence-corrected chi connectivity index (χ0v) is 11.4. The number of imidazole rings is 1. The van der Waals surface area contributed by atoms with Crippen LogP contribution in [0.3, 0.4) is 0 Å². The number of thiophene rings is 1. The Labute approximate surface area is 107 Å². The van der Waals surface area contributed by atoms with Crippen LogP contribution in [0.4, 0.5) is 5.95 Å². The lowest BCUT2D eigenvalue weighted by molar-refractivity contribution is 0.445. The molecule has 0 atom stereocenters. The predicted molar refractivity (Wildman–Crippen MR) is 73.7 cm³/mol. The van der Waals surface area contributed by atoms with E-state index in [4.69, 9.17) is 0 Å². The summed E-state index contributed by atoms with van der Waals surface area (Å²) in [5.74, 6) is 0.956. The molecular weight excluding hydrogens is 230 g/mol. The Bertz CT molecular complexity index is 457. The van der Waals surface area contributed by atoms with Gasteiger partial charge in [-0.3, -0.25) is 0 Å². The first-order valence-electron chi connectivity index (χ1n) is 5.92. The first-order valence-corrected chi connectivity index (χ1v) is 6.80. The van der Waals surface area contributed by atoms with Gasteiger partial charge >= 0.3 is 0 Å². The van der Waals surface area contributed by atoms with Gasteiger partial charge in [0.1, 0.15) is 0 Å². The highest BCUT2D eigenvalue weighted by atomic mass is 32.1. The molecule has 2 heterocycles. The Hall–Kier alpha value is -1.29. The van der Waals surface area contributed by atoms with Crippen molar-refractivity contribution < 1.29 is 0 Å². The molecule has 0 aromatic carbocycles. The van der Waals surface area contributed by atoms with Crippen LogP contribution in [-0.4, -0.2) is 16.1 Å². The average Bonchev–Trinajstić information content (AvgIpc) is 2.90. The fourth-order valence-electron chi connectivity index (χ4n) is 1.93. The summed E-state index contributed by atoms with van der Waals surface area (Å²) < 4.78 is 2.18. The number of nitrogens with one attached hydrogen (secondary N) is 1. The van der Waals surface area contributed by atoms with Crippen LogP contribution in [0.15, 0.2) is 29.9 Å². The topological polar surface area (TPSA) is 29.9 Å². The van der Waals surface area contributed by atoms with E-state index >= 15 is 0 Å². The molecule has 0 saturated heterocycles. The first kappa shape index (κ1) is 12.2. The van der Waals surface area contributed by atoms with Gasteiger partial charge in [-0.25, -0.2) is 4.98 Å². The van der Waals surface area contributed by atoms with Crippen molar-refractivity contribution in [3.8, 4) is 0 Å². The molecule has 3 nitrogen and oxygen atoms in total. The van der Waals surface area contributed by atoms with Gasteiger partial charge in [0.15, 0.2) is 0 Å². The monoisotopic (exact) mass is 249 g/mol. The van der Waals surface area contributed by atoms with Crippen molar-refractivity contribution in [1.29, 1.82) is 0 Å². The zero-order valence-electron chi connectivity index (χ0n) is 10.6. The van der Waals surface area contributed by atoms with E-state index in [2.05, 4.69) is 53.2 Å². The van der Waals surface area contributed by atoms with Crippen LogP contribution in [0, 0.1) is 0 Å². The molecule has 0 bridgehead atoms. The number of nitrogens with zero attached hydrogens (tertiary/aromatic N) is 2. The van der Waals surface area contributed by atoms with E-state index in [0.717, 1.165) is 19.0 Å². The molecule has 0 aliphatic heterocycles. The molecule has 0 spiro atoms. The van der Waals surface area contributed by atoms with E-state index in [1.807, 2.05) is 23.7 Å². The van der Waals surface area contributed by atoms with E-state index in [-0.39, 0.29) is 5.41 Å². The van der Waals surface area contributed by atoms with Crippen molar-refractivity contribution in [2.45, 2.75) is 32.7 Å². The molecule has 0 aliphatic rings. The molecule has 2 aromatic heterocycles. The van der Waals surface area contributed by atoms with E-state index < -0.39 is 0 Å². The number of hydrogen-bond donors (Lipinski definition) is 1. The summed E-state index contributed by atoms with van der Waals surface area (Å²) >= 11 is 1.82. The maximum Gasteiger partial charge on any atom is 0.202 e. The van der Waals surface area contributed by atoms with Gasteiger partial charge in [-0.05, 0) is 18.4 Å². The minimum absolute atomic E-state index is 0.138. The minimum Gasteiger partial charge on any atom is -0.356 e. The molecule has 0 fully saturated rings. The molecule has 2 aromatic rings. The summed E-state index contributed by atoms with van der Waals surface area (Å²) in [6, 6.07) is 4.31. The first-order chi connectivity index (χ1) is 8.13. The summed E-state index contributed by atoms with van der Waals surface area (Å²) in [7, 11) is 0. The third-order valence-electron chi connectivity index (χ3n) is 2.80. The van der Waals surface area contributed by atoms with Crippen LogP contribution in [-0.2, 0) is 12.0 Å². The van der Waals surface area contributed by atoms with Crippen LogP contribution in [0.5, 0.6) is 0 Å². The van der Waals surface area contributed by atoms with Gasteiger partial charge in [0, 0.05) is 35.8 Å². The molecule has 2 rings (SSSR count). The summed E-state index contributed by atoms with van der Waals surface area (Å²) in [5.41, 5.74) is 0.138. The highest BCUT2D eigenvalue weighted by Gasteiger charge is 2.23. The minimum atomic E-state index is 0.138. The molecule has 0 saturated carbocycles. The Balaban J connectivity index is 2.17. The van der Waals surface area contributed by atoms with E-state index in [0.29, 0.717) is 0 Å². The largest absolute Gasteiger partial charge is 0.356 e. The molecule has 0 radical (unpaired) electrons. The van der Waals surface area contributed by atoms with Crippen LogP contribution < -0.4 is 5.32 Å². The second-order valence-electron chi connectivity index (χ2n) is 4.77. The zero-order chi connectivity index (χ0) is 12.3. The molecule has 1 N–H and O–H groups in total. The normalized spacial score (nSPS) is 11.7. The summed E-state index contributed by atoms with van der Waals surface area (Å²) in [6.07, 6.45) is 3.88. The van der Waals surface area contributed by atoms with Gasteiger partial charge in [0.25, 0.3) is 0 Å². The molecule has 17 heavy (non-hydrogen) atoms. The lowest BCUT2D eigenvalue weighted by Gasteiger charge is -2.24. The highest BCUT2D eigenvalue weighted by Crippen LogP contribution is 2.29. The van der Waals surface area contributed by atoms with Crippen molar-refractivity contribution in [3.63, 3.8) is 0 Å². The van der Waals surface area contributed by atoms with Crippen molar-refractivity contribution in [1.82, 2.24) is 9.55 Å². The third-order valence-corrected chi connectivity index (χ3v) is 4.04. The lowest BCUT2D eigenvalue weighted by atomic mass is 9.91. The molecule has 0 unspecified atom stereocenters. The maximum absolute atomic E-state index is 4.33. The maximum atomic E-state index is 4.33. The summed E-state index contributed by atoms with van der Waals surface area (Å²) in [5, 5.41) is 5.41. The Morgan fingerprint density at radius 2 is 2.29 bits per heavy atom. The van der Waals surface area contributed by atoms with Crippen LogP contribution in [0.25, 0.3) is 0 Å². The molecule has 0 aliphatic carbocycles. The van der Waals surface area contributed by atoms with Crippen LogP contribution >= 0.6 is 11.3 Å². The van der Waals surface area contributed by atoms with Gasteiger partial charge in [-0.2, -0.15) is 0 Å². The Morgan fingerprint density at radius 3 is 2.94 bits per heavy atom. The van der Waals surface area contributed by atoms with Crippen LogP contribution in [0.1, 0.15) is 25.6 Å². The molecular formula is C13H19N3S. The fraction of sp³-hybridized carbons (Fsp3) is 0.462. The Kier molecular flexibility index (Phi) is 3.52. The van der Waals surface area contributed by atoms with E-state index in [9.17, 15) is 0 Å². The number of hydrogen-bond acceptors (Lipinski definition) is 3. The number of rotatable bonds is 5. The van der Waals surface area contributed by atoms with Gasteiger partial charge < -0.3 is 9.88 Å². The van der Waals surface area contributed by atoms with Gasteiger partial charge in [-0.15, -0.1) is 11.3 Å². The standard InChI is InChI=1S/C13H19N3S/c1-4-14-12-15-7-8-16(12)10-13(2,3)11-6-5-9-17-11/h5-9H,4,10H2,1-3H3,(H,14,15). The quantitative estimate of drug-likeness (QED) is 0.880. The fourth-order valence-corrected chi connectivity index (χ4v) is 2.77. The Morgan fingerprint density at radius 1 is 1.47 bits per heavy atom.